The molecule has 0 bridgehead atoms. The fourth-order valence-corrected chi connectivity index (χ4v) is 1.30. The van der Waals surface area contributed by atoms with Gasteiger partial charge >= 0.3 is 0 Å². The van der Waals surface area contributed by atoms with Crippen molar-refractivity contribution in [2.24, 2.45) is 5.92 Å². The van der Waals surface area contributed by atoms with Gasteiger partial charge in [-0.05, 0) is 19.0 Å². The van der Waals surface area contributed by atoms with Crippen LogP contribution in [0, 0.1) is 5.92 Å². The molecule has 84 valence electrons. The topological polar surface area (TPSA) is 59.0 Å². The van der Waals surface area contributed by atoms with Gasteiger partial charge in [0.15, 0.2) is 0 Å². The Morgan fingerprint density at radius 2 is 2.40 bits per heavy atom. The molecule has 0 spiro atoms. The quantitative estimate of drug-likeness (QED) is 0.687. The van der Waals surface area contributed by atoms with Crippen LogP contribution in [0.5, 0.6) is 0 Å². The Morgan fingerprint density at radius 1 is 1.60 bits per heavy atom. The van der Waals surface area contributed by atoms with Gasteiger partial charge in [-0.25, -0.2) is 0 Å². The summed E-state index contributed by atoms with van der Waals surface area (Å²) >= 11 is 0. The van der Waals surface area contributed by atoms with Crippen LogP contribution in [0.4, 0.5) is 0 Å². The zero-order valence-corrected chi connectivity index (χ0v) is 9.23. The summed E-state index contributed by atoms with van der Waals surface area (Å²) in [7, 11) is 1.76. The summed E-state index contributed by atoms with van der Waals surface area (Å²) in [6.45, 7) is 3.96. The summed E-state index contributed by atoms with van der Waals surface area (Å²) in [4.78, 5) is 11.2. The third-order valence-corrected chi connectivity index (χ3v) is 2.04. The zero-order valence-electron chi connectivity index (χ0n) is 9.23. The van der Waals surface area contributed by atoms with Gasteiger partial charge in [0, 0.05) is 25.5 Å². The van der Waals surface area contributed by atoms with E-state index in [2.05, 4.69) is 22.7 Å². The zero-order chi connectivity index (χ0) is 11.1. The summed E-state index contributed by atoms with van der Waals surface area (Å²) < 4.78 is 1.87. The van der Waals surface area contributed by atoms with Crippen molar-refractivity contribution in [2.75, 3.05) is 20.1 Å². The molecule has 0 aromatic carbocycles. The first kappa shape index (κ1) is 11.7. The van der Waals surface area contributed by atoms with Crippen molar-refractivity contribution in [2.45, 2.75) is 13.5 Å². The van der Waals surface area contributed by atoms with E-state index >= 15 is 0 Å². The Bertz CT molecular complexity index is 284. The first-order valence-corrected chi connectivity index (χ1v) is 5.11. The normalized spacial score (nSPS) is 12.4. The van der Waals surface area contributed by atoms with Crippen LogP contribution in [-0.4, -0.2) is 35.8 Å². The molecule has 0 radical (unpaired) electrons. The molecule has 1 atom stereocenters. The minimum atomic E-state index is 0.0322. The van der Waals surface area contributed by atoms with E-state index in [0.717, 1.165) is 6.54 Å². The molecule has 0 saturated heterocycles. The van der Waals surface area contributed by atoms with E-state index < -0.39 is 0 Å². The van der Waals surface area contributed by atoms with Crippen LogP contribution in [0.15, 0.2) is 18.5 Å². The number of nitrogens with zero attached hydrogens (tertiary/aromatic N) is 2. The van der Waals surface area contributed by atoms with E-state index in [1.807, 2.05) is 16.9 Å². The third kappa shape index (κ3) is 4.60. The first-order valence-electron chi connectivity index (χ1n) is 5.11. The fraction of sp³-hybridized carbons (Fsp3) is 0.600. The summed E-state index contributed by atoms with van der Waals surface area (Å²) in [6, 6.07) is 1.90. The average molecular weight is 210 g/mol. The highest BCUT2D eigenvalue weighted by Gasteiger charge is 2.05. The second-order valence-corrected chi connectivity index (χ2v) is 3.67. The minimum Gasteiger partial charge on any atom is -0.355 e. The number of amides is 1. The van der Waals surface area contributed by atoms with E-state index in [4.69, 9.17) is 0 Å². The predicted octanol–water partition coefficient (Wildman–Crippen LogP) is -0.145. The summed E-state index contributed by atoms with van der Waals surface area (Å²) in [5.74, 6) is 0.413. The molecule has 0 aliphatic carbocycles. The van der Waals surface area contributed by atoms with Crippen molar-refractivity contribution in [1.82, 2.24) is 20.4 Å². The molecular formula is C10H18N4O. The van der Waals surface area contributed by atoms with E-state index in [9.17, 15) is 4.79 Å². The molecule has 5 nitrogen and oxygen atoms in total. The largest absolute Gasteiger partial charge is 0.355 e. The van der Waals surface area contributed by atoms with Crippen molar-refractivity contribution in [1.29, 1.82) is 0 Å². The lowest BCUT2D eigenvalue weighted by atomic mass is 10.2. The van der Waals surface area contributed by atoms with E-state index in [1.165, 1.54) is 0 Å². The number of carbonyl (C=O) groups is 1. The maximum Gasteiger partial charge on any atom is 0.233 e. The predicted molar refractivity (Wildman–Crippen MR) is 58.3 cm³/mol. The van der Waals surface area contributed by atoms with Crippen LogP contribution in [-0.2, 0) is 11.3 Å². The smallest absolute Gasteiger partial charge is 0.233 e. The van der Waals surface area contributed by atoms with Gasteiger partial charge in [0.05, 0.1) is 6.54 Å². The second kappa shape index (κ2) is 6.19. The van der Waals surface area contributed by atoms with Crippen LogP contribution >= 0.6 is 0 Å². The second-order valence-electron chi connectivity index (χ2n) is 3.67. The molecule has 0 saturated carbocycles. The highest BCUT2D eigenvalue weighted by molar-refractivity contribution is 5.77. The molecule has 5 heteroatoms. The molecule has 1 aromatic heterocycles. The molecule has 1 unspecified atom stereocenters. The molecule has 0 fully saturated rings. The molecule has 0 aliphatic rings. The molecule has 1 amide bonds. The van der Waals surface area contributed by atoms with Crippen molar-refractivity contribution >= 4 is 5.91 Å². The Hall–Kier alpha value is -1.36. The van der Waals surface area contributed by atoms with Crippen molar-refractivity contribution in [3.8, 4) is 0 Å². The van der Waals surface area contributed by atoms with Crippen LogP contribution < -0.4 is 10.6 Å². The number of nitrogens with one attached hydrogen (secondary N) is 2. The number of aromatic nitrogens is 2. The minimum absolute atomic E-state index is 0.0322. The third-order valence-electron chi connectivity index (χ3n) is 2.04. The van der Waals surface area contributed by atoms with Crippen molar-refractivity contribution in [3.63, 3.8) is 0 Å². The van der Waals surface area contributed by atoms with Crippen molar-refractivity contribution < 1.29 is 4.79 Å². The highest BCUT2D eigenvalue weighted by Crippen LogP contribution is 1.97. The van der Waals surface area contributed by atoms with Gasteiger partial charge in [0.25, 0.3) is 0 Å². The lowest BCUT2D eigenvalue weighted by Gasteiger charge is -2.12. The van der Waals surface area contributed by atoms with Crippen LogP contribution in [0.25, 0.3) is 0 Å². The highest BCUT2D eigenvalue weighted by atomic mass is 16.1. The lowest BCUT2D eigenvalue weighted by molar-refractivity contribution is -0.120. The summed E-state index contributed by atoms with van der Waals surface area (Å²) in [5, 5.41) is 9.77. The Balaban J connectivity index is 2.19. The molecule has 15 heavy (non-hydrogen) atoms. The van der Waals surface area contributed by atoms with Gasteiger partial charge in [-0.3, -0.25) is 9.48 Å². The standard InChI is InChI=1S/C10H18N4O/c1-9(6-12-10(15)7-11-2)8-14-5-3-4-13-14/h3-5,9,11H,6-8H2,1-2H3,(H,12,15). The Labute approximate surface area is 89.9 Å². The molecular weight excluding hydrogens is 192 g/mol. The maximum atomic E-state index is 11.2. The maximum absolute atomic E-state index is 11.2. The van der Waals surface area contributed by atoms with Gasteiger partial charge < -0.3 is 10.6 Å². The monoisotopic (exact) mass is 210 g/mol. The van der Waals surface area contributed by atoms with Crippen LogP contribution in [0.2, 0.25) is 0 Å². The summed E-state index contributed by atoms with van der Waals surface area (Å²) in [6.07, 6.45) is 3.68. The van der Waals surface area contributed by atoms with E-state index in [1.54, 1.807) is 13.2 Å². The number of likely N-dealkylation sites (N-methyl/N-ethyl adjacent to an activating group) is 1. The van der Waals surface area contributed by atoms with Gasteiger partial charge in [0.2, 0.25) is 5.91 Å². The molecule has 2 N–H and O–H groups in total. The van der Waals surface area contributed by atoms with Gasteiger partial charge in [-0.15, -0.1) is 0 Å². The molecule has 0 aliphatic heterocycles. The van der Waals surface area contributed by atoms with Gasteiger partial charge in [-0.2, -0.15) is 5.10 Å². The number of rotatable bonds is 6. The Kier molecular flexibility index (Phi) is 4.83. The van der Waals surface area contributed by atoms with Crippen LogP contribution in [0.1, 0.15) is 6.92 Å². The Morgan fingerprint density at radius 3 is 3.00 bits per heavy atom. The average Bonchev–Trinajstić information content (AvgIpc) is 2.68. The van der Waals surface area contributed by atoms with E-state index in [0.29, 0.717) is 19.0 Å². The van der Waals surface area contributed by atoms with Gasteiger partial charge in [-0.1, -0.05) is 6.92 Å². The first-order chi connectivity index (χ1) is 7.22. The van der Waals surface area contributed by atoms with Crippen LogP contribution in [0.3, 0.4) is 0 Å². The lowest BCUT2D eigenvalue weighted by Crippen LogP contribution is -2.35. The number of hydrogen-bond donors (Lipinski definition) is 2. The number of hydrogen-bond acceptors (Lipinski definition) is 3. The molecule has 1 rings (SSSR count). The van der Waals surface area contributed by atoms with E-state index in [-0.39, 0.29) is 5.91 Å². The van der Waals surface area contributed by atoms with Gasteiger partial charge in [0.1, 0.15) is 0 Å². The molecule has 1 aromatic rings. The summed E-state index contributed by atoms with van der Waals surface area (Å²) in [5.41, 5.74) is 0. The fourth-order valence-electron chi connectivity index (χ4n) is 1.30. The molecule has 1 heterocycles. The number of carbonyl (C=O) groups excluding carboxylic acids is 1. The SMILES string of the molecule is CNCC(=O)NCC(C)Cn1cccn1. The van der Waals surface area contributed by atoms with Crippen molar-refractivity contribution in [3.05, 3.63) is 18.5 Å².